The Morgan fingerprint density at radius 2 is 1.96 bits per heavy atom. The molecule has 0 spiro atoms. The van der Waals surface area contributed by atoms with Crippen molar-refractivity contribution in [3.63, 3.8) is 0 Å². The van der Waals surface area contributed by atoms with Gasteiger partial charge < -0.3 is 20.7 Å². The maximum atomic E-state index is 12.6. The molecule has 0 aliphatic heterocycles. The van der Waals surface area contributed by atoms with E-state index in [9.17, 15) is 9.59 Å². The van der Waals surface area contributed by atoms with E-state index in [4.69, 9.17) is 10.5 Å². The zero-order valence-corrected chi connectivity index (χ0v) is 16.1. The predicted octanol–water partition coefficient (Wildman–Crippen LogP) is 1.53. The van der Waals surface area contributed by atoms with Crippen LogP contribution in [0.15, 0.2) is 0 Å². The van der Waals surface area contributed by atoms with Gasteiger partial charge in [0.2, 0.25) is 11.8 Å². The lowest BCUT2D eigenvalue weighted by atomic mass is 9.63. The van der Waals surface area contributed by atoms with Gasteiger partial charge in [0.15, 0.2) is 0 Å². The van der Waals surface area contributed by atoms with Gasteiger partial charge in [0.05, 0.1) is 18.7 Å². The first-order valence-electron chi connectivity index (χ1n) is 9.11. The topological polar surface area (TPSA) is 84.7 Å². The third-order valence-electron chi connectivity index (χ3n) is 5.09. The highest BCUT2D eigenvalue weighted by molar-refractivity contribution is 5.87. The van der Waals surface area contributed by atoms with Crippen molar-refractivity contribution in [2.45, 2.75) is 72.6 Å². The number of ether oxygens (including phenoxy) is 1. The lowest BCUT2D eigenvalue weighted by molar-refractivity contribution is -0.167. The fourth-order valence-electron chi connectivity index (χ4n) is 3.26. The van der Waals surface area contributed by atoms with E-state index >= 15 is 0 Å². The van der Waals surface area contributed by atoms with Crippen molar-refractivity contribution in [3.05, 3.63) is 0 Å². The molecule has 1 saturated carbocycles. The number of nitrogens with one attached hydrogen (secondary N) is 1. The average molecular weight is 341 g/mol. The minimum absolute atomic E-state index is 0.00509. The van der Waals surface area contributed by atoms with Crippen molar-refractivity contribution >= 4 is 11.8 Å². The maximum absolute atomic E-state index is 12.6. The Kier molecular flexibility index (Phi) is 7.67. The first-order valence-corrected chi connectivity index (χ1v) is 9.11. The highest BCUT2D eigenvalue weighted by Gasteiger charge is 2.52. The Labute approximate surface area is 146 Å². The number of amides is 2. The molecule has 6 heteroatoms. The average Bonchev–Trinajstić information content (AvgIpc) is 2.53. The highest BCUT2D eigenvalue weighted by atomic mass is 16.5. The highest BCUT2D eigenvalue weighted by Crippen LogP contribution is 2.45. The van der Waals surface area contributed by atoms with Crippen LogP contribution in [0.25, 0.3) is 0 Å². The summed E-state index contributed by atoms with van der Waals surface area (Å²) < 4.78 is 5.76. The van der Waals surface area contributed by atoms with Crippen molar-refractivity contribution in [2.24, 2.45) is 17.1 Å². The number of nitrogens with zero attached hydrogens (tertiary/aromatic N) is 1. The zero-order valence-electron chi connectivity index (χ0n) is 16.1. The molecule has 0 heterocycles. The maximum Gasteiger partial charge on any atom is 0.242 e. The van der Waals surface area contributed by atoms with Crippen LogP contribution in [0, 0.1) is 11.3 Å². The van der Waals surface area contributed by atoms with Gasteiger partial charge in [0.1, 0.15) is 0 Å². The Morgan fingerprint density at radius 1 is 1.33 bits per heavy atom. The summed E-state index contributed by atoms with van der Waals surface area (Å²) in [5, 5.41) is 2.68. The van der Waals surface area contributed by atoms with Gasteiger partial charge in [-0.3, -0.25) is 9.59 Å². The Balaban J connectivity index is 2.65. The quantitative estimate of drug-likeness (QED) is 0.666. The molecule has 3 atom stereocenters. The number of carbonyl (C=O) groups is 2. The van der Waals surface area contributed by atoms with Gasteiger partial charge in [-0.1, -0.05) is 34.6 Å². The van der Waals surface area contributed by atoms with Crippen molar-refractivity contribution < 1.29 is 14.3 Å². The molecule has 2 unspecified atom stereocenters. The molecule has 0 aromatic carbocycles. The van der Waals surface area contributed by atoms with Gasteiger partial charge in [-0.05, 0) is 25.7 Å². The van der Waals surface area contributed by atoms with Crippen molar-refractivity contribution in [1.82, 2.24) is 10.2 Å². The third kappa shape index (κ3) is 4.70. The van der Waals surface area contributed by atoms with E-state index in [0.717, 1.165) is 12.8 Å². The second-order valence-corrected chi connectivity index (χ2v) is 7.59. The minimum atomic E-state index is -0.583. The molecule has 2 amide bonds. The molecular weight excluding hydrogens is 306 g/mol. The molecule has 1 rings (SSSR count). The fourth-order valence-corrected chi connectivity index (χ4v) is 3.26. The second-order valence-electron chi connectivity index (χ2n) is 7.59. The molecule has 24 heavy (non-hydrogen) atoms. The van der Waals surface area contributed by atoms with Crippen LogP contribution >= 0.6 is 0 Å². The molecule has 1 aliphatic rings. The second kappa shape index (κ2) is 8.81. The number of carbonyl (C=O) groups excluding carboxylic acids is 2. The number of rotatable bonds is 9. The summed E-state index contributed by atoms with van der Waals surface area (Å²) in [7, 11) is 0. The summed E-state index contributed by atoms with van der Waals surface area (Å²) in [6.45, 7) is 13.5. The van der Waals surface area contributed by atoms with Crippen molar-refractivity contribution in [2.75, 3.05) is 19.7 Å². The SMILES string of the molecule is CCCN(C(=O)CNC(=O)[C@@H](N)C(C)C)C1CC(OCC)C1(C)C. The van der Waals surface area contributed by atoms with Crippen molar-refractivity contribution in [1.29, 1.82) is 0 Å². The van der Waals surface area contributed by atoms with Crippen LogP contribution in [0.5, 0.6) is 0 Å². The van der Waals surface area contributed by atoms with Gasteiger partial charge >= 0.3 is 0 Å². The normalized spacial score (nSPS) is 23.5. The minimum Gasteiger partial charge on any atom is -0.378 e. The lowest BCUT2D eigenvalue weighted by Crippen LogP contribution is -2.64. The van der Waals surface area contributed by atoms with E-state index in [-0.39, 0.29) is 41.8 Å². The van der Waals surface area contributed by atoms with Crippen LogP contribution in [0.1, 0.15) is 54.4 Å². The molecule has 0 saturated heterocycles. The van der Waals surface area contributed by atoms with E-state index < -0.39 is 6.04 Å². The molecule has 3 N–H and O–H groups in total. The summed E-state index contributed by atoms with van der Waals surface area (Å²) in [5.74, 6) is -0.270. The number of hydrogen-bond acceptors (Lipinski definition) is 4. The zero-order chi connectivity index (χ0) is 18.5. The summed E-state index contributed by atoms with van der Waals surface area (Å²) in [5.41, 5.74) is 5.75. The summed E-state index contributed by atoms with van der Waals surface area (Å²) >= 11 is 0. The van der Waals surface area contributed by atoms with Crippen molar-refractivity contribution in [3.8, 4) is 0 Å². The van der Waals surface area contributed by atoms with Crippen LogP contribution in [0.4, 0.5) is 0 Å². The van der Waals surface area contributed by atoms with Gasteiger partial charge in [-0.15, -0.1) is 0 Å². The van der Waals surface area contributed by atoms with Crippen LogP contribution < -0.4 is 11.1 Å². The summed E-state index contributed by atoms with van der Waals surface area (Å²) in [4.78, 5) is 26.5. The molecule has 140 valence electrons. The molecule has 0 aromatic rings. The fraction of sp³-hybridized carbons (Fsp3) is 0.889. The van der Waals surface area contributed by atoms with E-state index in [0.29, 0.717) is 13.2 Å². The van der Waals surface area contributed by atoms with Crippen LogP contribution in [-0.2, 0) is 14.3 Å². The van der Waals surface area contributed by atoms with Gasteiger partial charge in [0.25, 0.3) is 0 Å². The van der Waals surface area contributed by atoms with Crippen LogP contribution in [-0.4, -0.2) is 54.6 Å². The molecule has 0 radical (unpaired) electrons. The predicted molar refractivity (Wildman–Crippen MR) is 95.4 cm³/mol. The third-order valence-corrected chi connectivity index (χ3v) is 5.09. The molecule has 0 aromatic heterocycles. The Morgan fingerprint density at radius 3 is 2.42 bits per heavy atom. The van der Waals surface area contributed by atoms with E-state index in [1.54, 1.807) is 0 Å². The van der Waals surface area contributed by atoms with Crippen LogP contribution in [0.3, 0.4) is 0 Å². The first kappa shape index (κ1) is 20.9. The monoisotopic (exact) mass is 341 g/mol. The van der Waals surface area contributed by atoms with E-state index in [2.05, 4.69) is 26.1 Å². The standard InChI is InChI=1S/C18H35N3O3/c1-7-9-21(13-10-14(24-8-2)18(13,5)6)15(22)11-20-17(23)16(19)12(3)4/h12-14,16H,7-11,19H2,1-6H3,(H,20,23)/t13?,14?,16-/m0/s1. The molecule has 1 aliphatic carbocycles. The summed E-state index contributed by atoms with van der Waals surface area (Å²) in [6, 6.07) is -0.433. The Hall–Kier alpha value is -1.14. The number of hydrogen-bond donors (Lipinski definition) is 2. The molecular formula is C18H35N3O3. The molecule has 0 bridgehead atoms. The summed E-state index contributed by atoms with van der Waals surface area (Å²) in [6.07, 6.45) is 1.92. The van der Waals surface area contributed by atoms with E-state index in [1.165, 1.54) is 0 Å². The van der Waals surface area contributed by atoms with E-state index in [1.807, 2.05) is 25.7 Å². The molecule has 6 nitrogen and oxygen atoms in total. The molecule has 1 fully saturated rings. The van der Waals surface area contributed by atoms with Gasteiger partial charge in [0, 0.05) is 24.6 Å². The van der Waals surface area contributed by atoms with Gasteiger partial charge in [-0.2, -0.15) is 0 Å². The smallest absolute Gasteiger partial charge is 0.242 e. The lowest BCUT2D eigenvalue weighted by Gasteiger charge is -2.55. The largest absolute Gasteiger partial charge is 0.378 e. The number of nitrogens with two attached hydrogens (primary N) is 1. The van der Waals surface area contributed by atoms with Crippen LogP contribution in [0.2, 0.25) is 0 Å². The first-order chi connectivity index (χ1) is 11.2. The van der Waals surface area contributed by atoms with Gasteiger partial charge in [-0.25, -0.2) is 0 Å². The Bertz CT molecular complexity index is 437.